The Kier molecular flexibility index (Phi) is 4.91. The van der Waals surface area contributed by atoms with Gasteiger partial charge in [0.1, 0.15) is 0 Å². The highest BCUT2D eigenvalue weighted by molar-refractivity contribution is 5.76. The molecule has 1 aliphatic rings. The number of carbonyl (C=O) groups excluding carboxylic acids is 1. The van der Waals surface area contributed by atoms with Gasteiger partial charge in [0.2, 0.25) is 17.8 Å². The summed E-state index contributed by atoms with van der Waals surface area (Å²) in [7, 11) is 0. The van der Waals surface area contributed by atoms with E-state index in [4.69, 9.17) is 10.5 Å². The number of amides is 1. The average molecular weight is 280 g/mol. The number of nitrogens with zero attached hydrogens (tertiary/aromatic N) is 3. The van der Waals surface area contributed by atoms with Crippen molar-refractivity contribution in [2.75, 3.05) is 24.2 Å². The number of hydrogen-bond donors (Lipinski definition) is 3. The monoisotopic (exact) mass is 280 g/mol. The van der Waals surface area contributed by atoms with Crippen LogP contribution in [0.5, 0.6) is 6.01 Å². The molecule has 4 N–H and O–H groups in total. The highest BCUT2D eigenvalue weighted by Crippen LogP contribution is 2.18. The van der Waals surface area contributed by atoms with Gasteiger partial charge in [0.25, 0.3) is 0 Å². The molecule has 8 heteroatoms. The van der Waals surface area contributed by atoms with E-state index in [2.05, 4.69) is 25.6 Å². The predicted octanol–water partition coefficient (Wildman–Crippen LogP) is 0.323. The predicted molar refractivity (Wildman–Crippen MR) is 74.3 cm³/mol. The summed E-state index contributed by atoms with van der Waals surface area (Å²) in [5.74, 6) is 0.570. The lowest BCUT2D eigenvalue weighted by Gasteiger charge is -2.07. The molecular formula is C12H20N6O2. The van der Waals surface area contributed by atoms with Crippen molar-refractivity contribution in [2.45, 2.75) is 38.6 Å². The first kappa shape index (κ1) is 14.3. The van der Waals surface area contributed by atoms with Gasteiger partial charge in [0.15, 0.2) is 0 Å². The number of nitrogens with one attached hydrogen (secondary N) is 2. The van der Waals surface area contributed by atoms with Gasteiger partial charge in [-0.25, -0.2) is 0 Å². The summed E-state index contributed by atoms with van der Waals surface area (Å²) >= 11 is 0. The number of hydrogen-bond acceptors (Lipinski definition) is 7. The van der Waals surface area contributed by atoms with Gasteiger partial charge >= 0.3 is 6.01 Å². The van der Waals surface area contributed by atoms with Gasteiger partial charge in [-0.1, -0.05) is 0 Å². The molecular weight excluding hydrogens is 260 g/mol. The van der Waals surface area contributed by atoms with E-state index in [0.717, 1.165) is 12.8 Å². The number of aromatic nitrogens is 3. The molecule has 20 heavy (non-hydrogen) atoms. The minimum Gasteiger partial charge on any atom is -0.464 e. The van der Waals surface area contributed by atoms with Crippen molar-refractivity contribution in [1.82, 2.24) is 20.3 Å². The molecule has 8 nitrogen and oxygen atoms in total. The Morgan fingerprint density at radius 2 is 2.20 bits per heavy atom. The van der Waals surface area contributed by atoms with Crippen molar-refractivity contribution >= 4 is 17.8 Å². The summed E-state index contributed by atoms with van der Waals surface area (Å²) in [4.78, 5) is 23.3. The molecule has 0 unspecified atom stereocenters. The smallest absolute Gasteiger partial charge is 0.323 e. The minimum absolute atomic E-state index is 0.0967. The van der Waals surface area contributed by atoms with E-state index >= 15 is 0 Å². The zero-order valence-electron chi connectivity index (χ0n) is 11.6. The molecule has 0 bridgehead atoms. The number of anilines is 2. The van der Waals surface area contributed by atoms with Crippen LogP contribution in [0.4, 0.5) is 11.9 Å². The quantitative estimate of drug-likeness (QED) is 0.587. The fourth-order valence-corrected chi connectivity index (χ4v) is 1.62. The summed E-state index contributed by atoms with van der Waals surface area (Å²) in [5, 5.41) is 5.95. The molecule has 0 saturated heterocycles. The van der Waals surface area contributed by atoms with Crippen LogP contribution < -0.4 is 21.1 Å². The molecule has 1 saturated carbocycles. The first-order valence-corrected chi connectivity index (χ1v) is 6.85. The summed E-state index contributed by atoms with van der Waals surface area (Å²) in [6, 6.07) is 0.613. The maximum absolute atomic E-state index is 11.5. The van der Waals surface area contributed by atoms with Crippen LogP contribution in [0.3, 0.4) is 0 Å². The lowest BCUT2D eigenvalue weighted by Crippen LogP contribution is -2.25. The van der Waals surface area contributed by atoms with Crippen LogP contribution in [0.1, 0.15) is 32.6 Å². The number of carbonyl (C=O) groups is 1. The van der Waals surface area contributed by atoms with E-state index in [1.54, 1.807) is 0 Å². The van der Waals surface area contributed by atoms with E-state index in [1.165, 1.54) is 0 Å². The lowest BCUT2D eigenvalue weighted by molar-refractivity contribution is -0.121. The molecule has 0 atom stereocenters. The standard InChI is InChI=1S/C12H20N6O2/c1-2-20-12-17-10(13)16-11(18-12)14-7-3-4-9(19)15-8-5-6-8/h8H,2-7H2,1H3,(H,15,19)(H3,13,14,16,17,18). The van der Waals surface area contributed by atoms with Crippen molar-refractivity contribution in [3.05, 3.63) is 0 Å². The van der Waals surface area contributed by atoms with Gasteiger partial charge in [-0.15, -0.1) is 0 Å². The van der Waals surface area contributed by atoms with E-state index in [-0.39, 0.29) is 17.9 Å². The van der Waals surface area contributed by atoms with E-state index in [9.17, 15) is 4.79 Å². The summed E-state index contributed by atoms with van der Waals surface area (Å²) in [5.41, 5.74) is 5.56. The van der Waals surface area contributed by atoms with Crippen LogP contribution in [-0.2, 0) is 4.79 Å². The number of ether oxygens (including phenoxy) is 1. The van der Waals surface area contributed by atoms with Gasteiger partial charge in [0, 0.05) is 19.0 Å². The molecule has 1 amide bonds. The Morgan fingerprint density at radius 1 is 1.40 bits per heavy atom. The third-order valence-electron chi connectivity index (χ3n) is 2.71. The van der Waals surface area contributed by atoms with E-state index < -0.39 is 0 Å². The first-order chi connectivity index (χ1) is 9.67. The minimum atomic E-state index is 0.0967. The maximum atomic E-state index is 11.5. The summed E-state index contributed by atoms with van der Waals surface area (Å²) < 4.78 is 5.18. The second-order valence-corrected chi connectivity index (χ2v) is 4.60. The van der Waals surface area contributed by atoms with Gasteiger partial charge < -0.3 is 21.1 Å². The van der Waals surface area contributed by atoms with Crippen molar-refractivity contribution in [1.29, 1.82) is 0 Å². The SMILES string of the molecule is CCOc1nc(N)nc(NCCCC(=O)NC2CC2)n1. The topological polar surface area (TPSA) is 115 Å². The van der Waals surface area contributed by atoms with Crippen molar-refractivity contribution < 1.29 is 9.53 Å². The Balaban J connectivity index is 1.71. The van der Waals surface area contributed by atoms with Crippen LogP contribution in [0.25, 0.3) is 0 Å². The molecule has 1 aromatic heterocycles. The first-order valence-electron chi connectivity index (χ1n) is 6.85. The van der Waals surface area contributed by atoms with Crippen molar-refractivity contribution in [3.8, 4) is 6.01 Å². The largest absolute Gasteiger partial charge is 0.464 e. The van der Waals surface area contributed by atoms with Crippen LogP contribution >= 0.6 is 0 Å². The maximum Gasteiger partial charge on any atom is 0.323 e. The third kappa shape index (κ3) is 4.87. The number of nitrogen functional groups attached to an aromatic ring is 1. The van der Waals surface area contributed by atoms with Gasteiger partial charge in [-0.2, -0.15) is 15.0 Å². The second-order valence-electron chi connectivity index (χ2n) is 4.60. The molecule has 0 radical (unpaired) electrons. The van der Waals surface area contributed by atoms with Crippen LogP contribution in [0.15, 0.2) is 0 Å². The Morgan fingerprint density at radius 3 is 2.90 bits per heavy atom. The zero-order valence-corrected chi connectivity index (χ0v) is 11.6. The molecule has 110 valence electrons. The second kappa shape index (κ2) is 6.88. The fraction of sp³-hybridized carbons (Fsp3) is 0.667. The van der Waals surface area contributed by atoms with Crippen molar-refractivity contribution in [3.63, 3.8) is 0 Å². The average Bonchev–Trinajstić information content (AvgIpc) is 3.18. The lowest BCUT2D eigenvalue weighted by atomic mass is 10.3. The van der Waals surface area contributed by atoms with Gasteiger partial charge in [0.05, 0.1) is 6.61 Å². The third-order valence-corrected chi connectivity index (χ3v) is 2.71. The van der Waals surface area contributed by atoms with Gasteiger partial charge in [-0.3, -0.25) is 4.79 Å². The van der Waals surface area contributed by atoms with E-state index in [1.807, 2.05) is 6.92 Å². The Labute approximate surface area is 117 Å². The van der Waals surface area contributed by atoms with E-state index in [0.29, 0.717) is 38.0 Å². The molecule has 1 heterocycles. The normalized spacial score (nSPS) is 13.8. The zero-order chi connectivity index (χ0) is 14.4. The number of nitrogens with two attached hydrogens (primary N) is 1. The fourth-order valence-electron chi connectivity index (χ4n) is 1.62. The Bertz CT molecular complexity index is 463. The van der Waals surface area contributed by atoms with Crippen LogP contribution in [0, 0.1) is 0 Å². The van der Waals surface area contributed by atoms with Crippen LogP contribution in [0.2, 0.25) is 0 Å². The molecule has 0 spiro atoms. The van der Waals surface area contributed by atoms with Crippen LogP contribution in [-0.4, -0.2) is 40.1 Å². The summed E-state index contributed by atoms with van der Waals surface area (Å²) in [6.07, 6.45) is 3.40. The Hall–Kier alpha value is -2.12. The molecule has 0 aliphatic heterocycles. The van der Waals surface area contributed by atoms with Gasteiger partial charge in [-0.05, 0) is 26.2 Å². The highest BCUT2D eigenvalue weighted by atomic mass is 16.5. The molecule has 0 aromatic carbocycles. The molecule has 1 aromatic rings. The molecule has 1 aliphatic carbocycles. The number of rotatable bonds is 8. The molecule has 1 fully saturated rings. The highest BCUT2D eigenvalue weighted by Gasteiger charge is 2.22. The summed E-state index contributed by atoms with van der Waals surface area (Å²) in [6.45, 7) is 2.89. The molecule has 2 rings (SSSR count). The van der Waals surface area contributed by atoms with Crippen molar-refractivity contribution in [2.24, 2.45) is 0 Å².